The Hall–Kier alpha value is -1.53. The SMILES string of the molecule is CC1(C(=O)O)C=CCC(C(=O)O)(C(F)(F)F)C1. The van der Waals surface area contributed by atoms with E-state index in [-0.39, 0.29) is 0 Å². The Balaban J connectivity index is 3.27. The van der Waals surface area contributed by atoms with Gasteiger partial charge in [-0.3, -0.25) is 9.59 Å². The van der Waals surface area contributed by atoms with Crippen molar-refractivity contribution in [2.75, 3.05) is 0 Å². The van der Waals surface area contributed by atoms with E-state index in [4.69, 9.17) is 10.2 Å². The second-order valence-electron chi connectivity index (χ2n) is 4.39. The smallest absolute Gasteiger partial charge is 0.405 e. The second-order valence-corrected chi connectivity index (χ2v) is 4.39. The van der Waals surface area contributed by atoms with E-state index < -0.39 is 41.8 Å². The molecule has 2 atom stereocenters. The van der Waals surface area contributed by atoms with E-state index in [2.05, 4.69) is 0 Å². The van der Waals surface area contributed by atoms with Gasteiger partial charge in [0.1, 0.15) is 0 Å². The zero-order valence-corrected chi connectivity index (χ0v) is 8.91. The van der Waals surface area contributed by atoms with Crippen molar-refractivity contribution < 1.29 is 33.0 Å². The van der Waals surface area contributed by atoms with E-state index in [0.29, 0.717) is 0 Å². The Morgan fingerprint density at radius 2 is 1.76 bits per heavy atom. The van der Waals surface area contributed by atoms with Crippen molar-refractivity contribution in [3.8, 4) is 0 Å². The maximum atomic E-state index is 12.8. The van der Waals surface area contributed by atoms with E-state index in [1.54, 1.807) is 0 Å². The van der Waals surface area contributed by atoms with Crippen LogP contribution in [0.4, 0.5) is 13.2 Å². The third-order valence-electron chi connectivity index (χ3n) is 3.06. The lowest BCUT2D eigenvalue weighted by atomic mass is 9.66. The molecule has 0 aromatic heterocycles. The number of aliphatic carboxylic acids is 2. The maximum absolute atomic E-state index is 12.8. The molecule has 0 aromatic carbocycles. The molecule has 0 bridgehead atoms. The van der Waals surface area contributed by atoms with Gasteiger partial charge < -0.3 is 10.2 Å². The summed E-state index contributed by atoms with van der Waals surface area (Å²) in [6.07, 6.45) is -4.64. The summed E-state index contributed by atoms with van der Waals surface area (Å²) in [7, 11) is 0. The topological polar surface area (TPSA) is 74.6 Å². The molecule has 0 saturated heterocycles. The number of halogens is 3. The highest BCUT2D eigenvalue weighted by Gasteiger charge is 2.64. The molecule has 2 N–H and O–H groups in total. The molecule has 0 radical (unpaired) electrons. The van der Waals surface area contributed by atoms with Crippen LogP contribution < -0.4 is 0 Å². The van der Waals surface area contributed by atoms with Gasteiger partial charge in [-0.25, -0.2) is 0 Å². The predicted octanol–water partition coefficient (Wildman–Crippen LogP) is 2.06. The van der Waals surface area contributed by atoms with Gasteiger partial charge in [-0.1, -0.05) is 12.2 Å². The molecular weight excluding hydrogens is 241 g/mol. The molecule has 1 aliphatic carbocycles. The Morgan fingerprint density at radius 1 is 1.24 bits per heavy atom. The average Bonchev–Trinajstić information content (AvgIpc) is 2.15. The van der Waals surface area contributed by atoms with Crippen molar-refractivity contribution in [2.24, 2.45) is 10.8 Å². The third kappa shape index (κ3) is 2.01. The summed E-state index contributed by atoms with van der Waals surface area (Å²) in [5.74, 6) is -3.51. The first-order valence-corrected chi connectivity index (χ1v) is 4.76. The first-order valence-electron chi connectivity index (χ1n) is 4.76. The van der Waals surface area contributed by atoms with Gasteiger partial charge >= 0.3 is 18.1 Å². The predicted molar refractivity (Wildman–Crippen MR) is 50.2 cm³/mol. The van der Waals surface area contributed by atoms with Crippen LogP contribution in [-0.2, 0) is 9.59 Å². The van der Waals surface area contributed by atoms with Crippen molar-refractivity contribution in [3.05, 3.63) is 12.2 Å². The fraction of sp³-hybridized carbons (Fsp3) is 0.600. The number of carboxylic acid groups (broad SMARTS) is 2. The monoisotopic (exact) mass is 252 g/mol. The lowest BCUT2D eigenvalue weighted by Gasteiger charge is -2.39. The molecule has 7 heteroatoms. The van der Waals surface area contributed by atoms with E-state index in [1.807, 2.05) is 0 Å². The van der Waals surface area contributed by atoms with Crippen LogP contribution >= 0.6 is 0 Å². The Morgan fingerprint density at radius 3 is 2.12 bits per heavy atom. The van der Waals surface area contributed by atoms with Crippen LogP contribution in [0.5, 0.6) is 0 Å². The lowest BCUT2D eigenvalue weighted by Crippen LogP contribution is -2.50. The van der Waals surface area contributed by atoms with E-state index in [0.717, 1.165) is 19.1 Å². The molecule has 1 aliphatic rings. The summed E-state index contributed by atoms with van der Waals surface area (Å²) in [5.41, 5.74) is -4.83. The third-order valence-corrected chi connectivity index (χ3v) is 3.06. The molecular formula is C10H11F3O4. The summed E-state index contributed by atoms with van der Waals surface area (Å²) in [6.45, 7) is 1.08. The fourth-order valence-electron chi connectivity index (χ4n) is 1.93. The van der Waals surface area contributed by atoms with Crippen LogP contribution in [0.2, 0.25) is 0 Å². The number of rotatable bonds is 2. The molecule has 17 heavy (non-hydrogen) atoms. The minimum Gasteiger partial charge on any atom is -0.481 e. The fourth-order valence-corrected chi connectivity index (χ4v) is 1.93. The van der Waals surface area contributed by atoms with Crippen molar-refractivity contribution in [1.82, 2.24) is 0 Å². The molecule has 0 heterocycles. The molecule has 4 nitrogen and oxygen atoms in total. The zero-order valence-electron chi connectivity index (χ0n) is 8.91. The molecule has 96 valence electrons. The van der Waals surface area contributed by atoms with Crippen LogP contribution in [0.15, 0.2) is 12.2 Å². The normalized spacial score (nSPS) is 33.4. The van der Waals surface area contributed by atoms with Gasteiger partial charge in [0.05, 0.1) is 5.41 Å². The number of carboxylic acids is 2. The number of hydrogen-bond donors (Lipinski definition) is 2. The van der Waals surface area contributed by atoms with Gasteiger partial charge in [0.2, 0.25) is 0 Å². The molecule has 1 rings (SSSR count). The van der Waals surface area contributed by atoms with Gasteiger partial charge in [0.15, 0.2) is 5.41 Å². The molecule has 0 aromatic rings. The van der Waals surface area contributed by atoms with Crippen molar-refractivity contribution >= 4 is 11.9 Å². The summed E-state index contributed by atoms with van der Waals surface area (Å²) in [4.78, 5) is 21.8. The van der Waals surface area contributed by atoms with Crippen LogP contribution in [-0.4, -0.2) is 28.3 Å². The Bertz CT molecular complexity index is 388. The largest absolute Gasteiger partial charge is 0.481 e. The average molecular weight is 252 g/mol. The highest BCUT2D eigenvalue weighted by Crippen LogP contribution is 2.52. The molecule has 0 amide bonds. The quantitative estimate of drug-likeness (QED) is 0.737. The first-order chi connectivity index (χ1) is 7.55. The van der Waals surface area contributed by atoms with Crippen LogP contribution in [0.1, 0.15) is 19.8 Å². The van der Waals surface area contributed by atoms with Crippen molar-refractivity contribution in [1.29, 1.82) is 0 Å². The minimum absolute atomic E-state index is 0.741. The summed E-state index contributed by atoms with van der Waals surface area (Å²) in [5, 5.41) is 17.7. The number of carbonyl (C=O) groups is 2. The number of hydrogen-bond acceptors (Lipinski definition) is 2. The lowest BCUT2D eigenvalue weighted by molar-refractivity contribution is -0.239. The Labute approximate surface area is 94.7 Å². The van der Waals surface area contributed by atoms with Gasteiger partial charge in [-0.05, 0) is 19.8 Å². The van der Waals surface area contributed by atoms with E-state index in [1.165, 1.54) is 0 Å². The summed E-state index contributed by atoms with van der Waals surface area (Å²) < 4.78 is 38.5. The molecule has 2 unspecified atom stereocenters. The van der Waals surface area contributed by atoms with E-state index >= 15 is 0 Å². The summed E-state index contributed by atoms with van der Waals surface area (Å²) >= 11 is 0. The van der Waals surface area contributed by atoms with Gasteiger partial charge in [0, 0.05) is 0 Å². The van der Waals surface area contributed by atoms with Crippen molar-refractivity contribution in [3.63, 3.8) is 0 Å². The molecule has 0 spiro atoms. The second kappa shape index (κ2) is 3.75. The molecule has 0 fully saturated rings. The van der Waals surface area contributed by atoms with Gasteiger partial charge in [0.25, 0.3) is 0 Å². The molecule has 0 aliphatic heterocycles. The standard InChI is InChI=1S/C10H11F3O4/c1-8(6(14)15)3-2-4-9(5-8,7(16)17)10(11,12)13/h2-3H,4-5H2,1H3,(H,14,15)(H,16,17). The number of alkyl halides is 3. The minimum atomic E-state index is -4.99. The van der Waals surface area contributed by atoms with E-state index in [9.17, 15) is 22.8 Å². The van der Waals surface area contributed by atoms with Gasteiger partial charge in [-0.2, -0.15) is 13.2 Å². The highest BCUT2D eigenvalue weighted by molar-refractivity contribution is 5.82. The number of allylic oxidation sites excluding steroid dienone is 1. The maximum Gasteiger partial charge on any atom is 0.405 e. The first kappa shape index (κ1) is 13.5. The van der Waals surface area contributed by atoms with Gasteiger partial charge in [-0.15, -0.1) is 0 Å². The van der Waals surface area contributed by atoms with Crippen LogP contribution in [0.3, 0.4) is 0 Å². The Kier molecular flexibility index (Phi) is 2.98. The zero-order chi connectivity index (χ0) is 13.5. The molecule has 0 saturated carbocycles. The van der Waals surface area contributed by atoms with Crippen LogP contribution in [0, 0.1) is 10.8 Å². The van der Waals surface area contributed by atoms with Crippen LogP contribution in [0.25, 0.3) is 0 Å². The summed E-state index contributed by atoms with van der Waals surface area (Å²) in [6, 6.07) is 0. The highest BCUT2D eigenvalue weighted by atomic mass is 19.4. The van der Waals surface area contributed by atoms with Crippen molar-refractivity contribution in [2.45, 2.75) is 25.9 Å².